The number of para-hydroxylation sites is 1. The van der Waals surface area contributed by atoms with E-state index < -0.39 is 23.9 Å². The zero-order valence-corrected chi connectivity index (χ0v) is 23.3. The van der Waals surface area contributed by atoms with E-state index >= 15 is 0 Å². The second kappa shape index (κ2) is 12.8. The van der Waals surface area contributed by atoms with E-state index in [-0.39, 0.29) is 17.1 Å². The van der Waals surface area contributed by atoms with E-state index in [0.29, 0.717) is 22.9 Å². The summed E-state index contributed by atoms with van der Waals surface area (Å²) in [5, 5.41) is 7.74. The van der Waals surface area contributed by atoms with Gasteiger partial charge in [0.05, 0.1) is 5.56 Å². The van der Waals surface area contributed by atoms with Gasteiger partial charge in [-0.25, -0.2) is 4.79 Å². The summed E-state index contributed by atoms with van der Waals surface area (Å²) in [4.78, 5) is 25.9. The summed E-state index contributed by atoms with van der Waals surface area (Å²) in [7, 11) is 0. The highest BCUT2D eigenvalue weighted by atomic mass is 35.5. The van der Waals surface area contributed by atoms with Gasteiger partial charge >= 0.3 is 18.3 Å². The minimum atomic E-state index is -5.08. The maximum absolute atomic E-state index is 13.1. The molecule has 0 unspecified atom stereocenters. The number of amides is 1. The molecule has 1 amide bonds. The SMILES string of the molecule is O=C(O)C(F)(F)F.O=C(c1ccc(Cl)cc1)N1CCC2(CC1)CN(Cc1ccccc1Oc1cccc(C(F)(F)F)c1)C2. The van der Waals surface area contributed by atoms with Crippen molar-refractivity contribution < 1.29 is 45.8 Å². The molecule has 0 aromatic heterocycles. The highest BCUT2D eigenvalue weighted by molar-refractivity contribution is 6.30. The molecular weight excluding hydrogens is 602 g/mol. The lowest BCUT2D eigenvalue weighted by atomic mass is 9.71. The zero-order chi connectivity index (χ0) is 31.4. The molecule has 13 heteroatoms. The predicted octanol–water partition coefficient (Wildman–Crippen LogP) is 7.52. The van der Waals surface area contributed by atoms with Crippen molar-refractivity contribution in [3.05, 3.63) is 94.5 Å². The molecule has 0 bridgehead atoms. The topological polar surface area (TPSA) is 70.1 Å². The van der Waals surface area contributed by atoms with Crippen LogP contribution in [-0.4, -0.2) is 59.1 Å². The molecule has 5 rings (SSSR count). The summed E-state index contributed by atoms with van der Waals surface area (Å²) in [5.41, 5.74) is 1.05. The third-order valence-electron chi connectivity index (χ3n) is 7.32. The smallest absolute Gasteiger partial charge is 0.475 e. The first-order valence-corrected chi connectivity index (χ1v) is 13.5. The van der Waals surface area contributed by atoms with Gasteiger partial charge in [0.25, 0.3) is 5.91 Å². The Balaban J connectivity index is 0.000000541. The van der Waals surface area contributed by atoms with Crippen LogP contribution >= 0.6 is 11.6 Å². The van der Waals surface area contributed by atoms with E-state index in [9.17, 15) is 31.1 Å². The van der Waals surface area contributed by atoms with Crippen LogP contribution in [-0.2, 0) is 17.5 Å². The van der Waals surface area contributed by atoms with Gasteiger partial charge in [-0.1, -0.05) is 35.9 Å². The number of carbonyl (C=O) groups excluding carboxylic acids is 1. The van der Waals surface area contributed by atoms with Gasteiger partial charge in [0.2, 0.25) is 0 Å². The van der Waals surface area contributed by atoms with Crippen LogP contribution in [0.25, 0.3) is 0 Å². The molecule has 1 N–H and O–H groups in total. The van der Waals surface area contributed by atoms with Crippen molar-refractivity contribution in [2.24, 2.45) is 5.41 Å². The molecule has 0 radical (unpaired) electrons. The summed E-state index contributed by atoms with van der Waals surface area (Å²) >= 11 is 5.93. The normalized spacial score (nSPS) is 16.6. The van der Waals surface area contributed by atoms with Crippen LogP contribution in [0.4, 0.5) is 26.3 Å². The van der Waals surface area contributed by atoms with Crippen molar-refractivity contribution in [1.29, 1.82) is 0 Å². The van der Waals surface area contributed by atoms with Gasteiger partial charge in [-0.15, -0.1) is 0 Å². The van der Waals surface area contributed by atoms with Gasteiger partial charge in [0.1, 0.15) is 11.5 Å². The number of aliphatic carboxylic acids is 1. The number of hydrogen-bond donors (Lipinski definition) is 1. The molecule has 6 nitrogen and oxygen atoms in total. The van der Waals surface area contributed by atoms with Crippen LogP contribution in [0.5, 0.6) is 11.5 Å². The monoisotopic (exact) mass is 628 g/mol. The molecule has 230 valence electrons. The lowest BCUT2D eigenvalue weighted by molar-refractivity contribution is -0.192. The van der Waals surface area contributed by atoms with E-state index in [1.165, 1.54) is 12.1 Å². The van der Waals surface area contributed by atoms with Gasteiger partial charge in [-0.05, 0) is 66.8 Å². The largest absolute Gasteiger partial charge is 0.490 e. The van der Waals surface area contributed by atoms with Crippen LogP contribution in [0.1, 0.15) is 34.3 Å². The minimum absolute atomic E-state index is 0.0402. The zero-order valence-electron chi connectivity index (χ0n) is 22.6. The lowest BCUT2D eigenvalue weighted by Gasteiger charge is -2.54. The highest BCUT2D eigenvalue weighted by Crippen LogP contribution is 2.42. The van der Waals surface area contributed by atoms with Crippen LogP contribution in [0, 0.1) is 5.41 Å². The molecule has 1 spiro atoms. The molecule has 2 aliphatic heterocycles. The second-order valence-corrected chi connectivity index (χ2v) is 10.9. The highest BCUT2D eigenvalue weighted by Gasteiger charge is 2.45. The number of nitrogens with zero attached hydrogens (tertiary/aromatic N) is 2. The Morgan fingerprint density at radius 3 is 2.07 bits per heavy atom. The number of benzene rings is 3. The number of ether oxygens (including phenoxy) is 1. The molecular formula is C30H27ClF6N2O4. The third-order valence-corrected chi connectivity index (χ3v) is 7.57. The summed E-state index contributed by atoms with van der Waals surface area (Å²) in [6.07, 6.45) is -7.60. The Morgan fingerprint density at radius 2 is 1.49 bits per heavy atom. The van der Waals surface area contributed by atoms with Gasteiger partial charge in [-0.3, -0.25) is 9.69 Å². The lowest BCUT2D eigenvalue weighted by Crippen LogP contribution is -2.60. The van der Waals surface area contributed by atoms with Crippen molar-refractivity contribution in [2.45, 2.75) is 31.7 Å². The fraction of sp³-hybridized carbons (Fsp3) is 0.333. The van der Waals surface area contributed by atoms with Gasteiger partial charge in [0.15, 0.2) is 0 Å². The fourth-order valence-corrected chi connectivity index (χ4v) is 5.25. The van der Waals surface area contributed by atoms with Crippen molar-refractivity contribution >= 4 is 23.5 Å². The Labute approximate surface area is 248 Å². The number of alkyl halides is 6. The van der Waals surface area contributed by atoms with Crippen LogP contribution in [0.2, 0.25) is 5.02 Å². The Kier molecular flexibility index (Phi) is 9.60. The molecule has 0 atom stereocenters. The summed E-state index contributed by atoms with van der Waals surface area (Å²) in [6, 6.07) is 19.4. The van der Waals surface area contributed by atoms with E-state index in [1.807, 2.05) is 23.1 Å². The van der Waals surface area contributed by atoms with Crippen molar-refractivity contribution in [1.82, 2.24) is 9.80 Å². The number of carboxylic acids is 1. The molecule has 2 aliphatic rings. The van der Waals surface area contributed by atoms with E-state index in [4.69, 9.17) is 26.2 Å². The molecule has 0 aliphatic carbocycles. The van der Waals surface area contributed by atoms with Gasteiger partial charge in [0, 0.05) is 48.9 Å². The number of carboxylic acid groups (broad SMARTS) is 1. The number of likely N-dealkylation sites (tertiary alicyclic amines) is 2. The van der Waals surface area contributed by atoms with Crippen LogP contribution in [0.15, 0.2) is 72.8 Å². The predicted molar refractivity (Wildman–Crippen MR) is 146 cm³/mol. The summed E-state index contributed by atoms with van der Waals surface area (Å²) in [5.74, 6) is -2.00. The number of hydrogen-bond acceptors (Lipinski definition) is 4. The van der Waals surface area contributed by atoms with Crippen molar-refractivity contribution in [3.63, 3.8) is 0 Å². The molecule has 2 heterocycles. The Bertz CT molecular complexity index is 1430. The maximum Gasteiger partial charge on any atom is 0.490 e. The molecule has 43 heavy (non-hydrogen) atoms. The van der Waals surface area contributed by atoms with E-state index in [0.717, 1.165) is 56.7 Å². The minimum Gasteiger partial charge on any atom is -0.475 e. The fourth-order valence-electron chi connectivity index (χ4n) is 5.13. The number of carbonyl (C=O) groups is 2. The standard InChI is InChI=1S/C28H26ClF3N2O2.C2HF3O2/c29-23-10-8-20(9-11-23)26(35)34-14-12-27(13-15-34)18-33(19-27)17-21-4-1-2-7-25(21)36-24-6-3-5-22(16-24)28(30,31)32;3-2(4,5)1(6)7/h1-11,16H,12-15,17-19H2;(H,6,7). The van der Waals surface area contributed by atoms with Crippen molar-refractivity contribution in [2.75, 3.05) is 26.2 Å². The van der Waals surface area contributed by atoms with E-state index in [2.05, 4.69) is 4.90 Å². The van der Waals surface area contributed by atoms with E-state index in [1.54, 1.807) is 30.3 Å². The average molecular weight is 629 g/mol. The molecule has 0 saturated carbocycles. The maximum atomic E-state index is 13.1. The quantitative estimate of drug-likeness (QED) is 0.296. The number of halogens is 7. The first kappa shape index (κ1) is 32.2. The van der Waals surface area contributed by atoms with Gasteiger partial charge < -0.3 is 14.7 Å². The number of rotatable bonds is 5. The van der Waals surface area contributed by atoms with Crippen LogP contribution in [0.3, 0.4) is 0 Å². The Hall–Kier alpha value is -3.77. The third kappa shape index (κ3) is 8.41. The first-order chi connectivity index (χ1) is 20.1. The second-order valence-electron chi connectivity index (χ2n) is 10.5. The van der Waals surface area contributed by atoms with Crippen LogP contribution < -0.4 is 4.74 Å². The number of piperidine rings is 1. The molecule has 3 aromatic carbocycles. The summed E-state index contributed by atoms with van der Waals surface area (Å²) in [6.45, 7) is 3.96. The molecule has 2 saturated heterocycles. The molecule has 3 aromatic rings. The van der Waals surface area contributed by atoms with Crippen molar-refractivity contribution in [3.8, 4) is 11.5 Å². The first-order valence-electron chi connectivity index (χ1n) is 13.2. The summed E-state index contributed by atoms with van der Waals surface area (Å²) < 4.78 is 76.8. The average Bonchev–Trinajstić information content (AvgIpc) is 2.93. The van der Waals surface area contributed by atoms with Gasteiger partial charge in [-0.2, -0.15) is 26.3 Å². The Morgan fingerprint density at radius 1 is 0.884 bits per heavy atom. The molecule has 2 fully saturated rings.